The highest BCUT2D eigenvalue weighted by Crippen LogP contribution is 2.22. The molecule has 3 rings (SSSR count). The molecular formula is C21H32N2O4. The van der Waals surface area contributed by atoms with E-state index in [0.717, 1.165) is 50.5 Å². The summed E-state index contributed by atoms with van der Waals surface area (Å²) in [6.07, 6.45) is 2.38. The van der Waals surface area contributed by atoms with E-state index in [0.29, 0.717) is 19.1 Å². The van der Waals surface area contributed by atoms with Crippen molar-refractivity contribution in [3.63, 3.8) is 0 Å². The molecule has 0 unspecified atom stereocenters. The minimum atomic E-state index is 0.0157. The van der Waals surface area contributed by atoms with E-state index < -0.39 is 0 Å². The number of amides is 1. The van der Waals surface area contributed by atoms with Gasteiger partial charge in [-0.15, -0.1) is 0 Å². The van der Waals surface area contributed by atoms with Crippen LogP contribution in [0.5, 0.6) is 11.5 Å². The number of carbonyl (C=O) groups is 1. The van der Waals surface area contributed by atoms with Crippen LogP contribution in [0.15, 0.2) is 24.3 Å². The zero-order valence-electron chi connectivity index (χ0n) is 16.7. The summed E-state index contributed by atoms with van der Waals surface area (Å²) in [4.78, 5) is 17.0. The molecule has 0 aliphatic carbocycles. The van der Waals surface area contributed by atoms with Crippen molar-refractivity contribution in [3.8, 4) is 11.5 Å². The van der Waals surface area contributed by atoms with E-state index in [1.165, 1.54) is 0 Å². The van der Waals surface area contributed by atoms with Crippen molar-refractivity contribution in [1.82, 2.24) is 9.80 Å². The van der Waals surface area contributed by atoms with Gasteiger partial charge in [0.25, 0.3) is 0 Å². The van der Waals surface area contributed by atoms with E-state index in [1.807, 2.05) is 29.2 Å². The Kier molecular flexibility index (Phi) is 6.96. The van der Waals surface area contributed by atoms with E-state index in [1.54, 1.807) is 7.11 Å². The maximum Gasteiger partial charge on any atom is 0.225 e. The van der Waals surface area contributed by atoms with Crippen molar-refractivity contribution in [2.24, 2.45) is 0 Å². The van der Waals surface area contributed by atoms with Gasteiger partial charge in [0.1, 0.15) is 17.6 Å². The first-order valence-electron chi connectivity index (χ1n) is 9.99. The van der Waals surface area contributed by atoms with Gasteiger partial charge in [0.05, 0.1) is 26.2 Å². The highest BCUT2D eigenvalue weighted by atomic mass is 16.5. The average molecular weight is 376 g/mol. The Bertz CT molecular complexity index is 597. The number of piperidine rings is 1. The van der Waals surface area contributed by atoms with Crippen LogP contribution in [0, 0.1) is 0 Å². The Morgan fingerprint density at radius 2 is 1.81 bits per heavy atom. The van der Waals surface area contributed by atoms with Crippen LogP contribution >= 0.6 is 0 Å². The van der Waals surface area contributed by atoms with Crippen molar-refractivity contribution < 1.29 is 19.0 Å². The SMILES string of the molecule is COc1ccc(OC2CCN(C(=O)C[C@@H]3CN(C(C)C)CCO3)CC2)cc1. The van der Waals surface area contributed by atoms with E-state index in [2.05, 4.69) is 18.7 Å². The summed E-state index contributed by atoms with van der Waals surface area (Å²) in [6, 6.07) is 8.16. The molecule has 0 aromatic heterocycles. The predicted octanol–water partition coefficient (Wildman–Crippen LogP) is 2.56. The molecule has 0 radical (unpaired) electrons. The molecule has 0 N–H and O–H groups in total. The summed E-state index contributed by atoms with van der Waals surface area (Å²) in [5, 5.41) is 0. The van der Waals surface area contributed by atoms with Crippen LogP contribution in [0.25, 0.3) is 0 Å². The number of rotatable bonds is 6. The molecule has 2 aliphatic rings. The molecule has 150 valence electrons. The Hall–Kier alpha value is -1.79. The van der Waals surface area contributed by atoms with Gasteiger partial charge in [-0.25, -0.2) is 0 Å². The molecule has 2 aliphatic heterocycles. The lowest BCUT2D eigenvalue weighted by Crippen LogP contribution is -2.48. The smallest absolute Gasteiger partial charge is 0.225 e. The second-order valence-electron chi connectivity index (χ2n) is 7.66. The molecule has 1 atom stereocenters. The van der Waals surface area contributed by atoms with E-state index in [-0.39, 0.29) is 18.1 Å². The topological polar surface area (TPSA) is 51.2 Å². The fourth-order valence-corrected chi connectivity index (χ4v) is 3.73. The van der Waals surface area contributed by atoms with Gasteiger partial charge >= 0.3 is 0 Å². The summed E-state index contributed by atoms with van der Waals surface area (Å²) in [5.41, 5.74) is 0. The standard InChI is InChI=1S/C21H32N2O4/c1-16(2)23-12-13-26-20(15-23)14-21(24)22-10-8-19(9-11-22)27-18-6-4-17(25-3)5-7-18/h4-7,16,19-20H,8-15H2,1-3H3/t20-/m1/s1. The van der Waals surface area contributed by atoms with Crippen LogP contribution in [-0.4, -0.2) is 73.9 Å². The number of ether oxygens (including phenoxy) is 3. The minimum Gasteiger partial charge on any atom is -0.497 e. The molecule has 1 aromatic rings. The maximum absolute atomic E-state index is 12.7. The molecule has 6 heteroatoms. The fourth-order valence-electron chi connectivity index (χ4n) is 3.73. The van der Waals surface area contributed by atoms with Crippen molar-refractivity contribution in [2.75, 3.05) is 39.9 Å². The molecule has 6 nitrogen and oxygen atoms in total. The van der Waals surface area contributed by atoms with Gasteiger partial charge in [0.2, 0.25) is 5.91 Å². The molecule has 0 bridgehead atoms. The quantitative estimate of drug-likeness (QED) is 0.764. The second-order valence-corrected chi connectivity index (χ2v) is 7.66. The first-order valence-corrected chi connectivity index (χ1v) is 9.99. The van der Waals surface area contributed by atoms with Gasteiger partial charge in [0, 0.05) is 45.1 Å². The van der Waals surface area contributed by atoms with E-state index in [9.17, 15) is 4.79 Å². The predicted molar refractivity (Wildman–Crippen MR) is 104 cm³/mol. The minimum absolute atomic E-state index is 0.0157. The third kappa shape index (κ3) is 5.59. The number of hydrogen-bond acceptors (Lipinski definition) is 5. The number of benzene rings is 1. The number of carbonyl (C=O) groups excluding carboxylic acids is 1. The number of methoxy groups -OCH3 is 1. The van der Waals surface area contributed by atoms with Crippen LogP contribution in [-0.2, 0) is 9.53 Å². The summed E-state index contributed by atoms with van der Waals surface area (Å²) < 4.78 is 17.0. The molecular weight excluding hydrogens is 344 g/mol. The summed E-state index contributed by atoms with van der Waals surface area (Å²) in [5.74, 6) is 1.88. The number of likely N-dealkylation sites (tertiary alicyclic amines) is 1. The summed E-state index contributed by atoms with van der Waals surface area (Å²) in [6.45, 7) is 8.40. The van der Waals surface area contributed by atoms with Crippen LogP contribution in [0.1, 0.15) is 33.1 Å². The number of nitrogens with zero attached hydrogens (tertiary/aromatic N) is 2. The van der Waals surface area contributed by atoms with Crippen molar-refractivity contribution in [3.05, 3.63) is 24.3 Å². The first kappa shape index (κ1) is 20.0. The van der Waals surface area contributed by atoms with Crippen LogP contribution < -0.4 is 9.47 Å². The summed E-state index contributed by atoms with van der Waals surface area (Å²) in [7, 11) is 1.65. The van der Waals surface area contributed by atoms with Crippen LogP contribution in [0.4, 0.5) is 0 Å². The normalized spacial score (nSPS) is 22.1. The average Bonchev–Trinajstić information content (AvgIpc) is 2.69. The maximum atomic E-state index is 12.7. The molecule has 2 fully saturated rings. The zero-order chi connectivity index (χ0) is 19.2. The lowest BCUT2D eigenvalue weighted by atomic mass is 10.1. The Labute approximate surface area is 162 Å². The van der Waals surface area contributed by atoms with Gasteiger partial charge in [-0.1, -0.05) is 0 Å². The molecule has 1 aromatic carbocycles. The Morgan fingerprint density at radius 1 is 1.15 bits per heavy atom. The first-order chi connectivity index (χ1) is 13.0. The molecule has 0 spiro atoms. The van der Waals surface area contributed by atoms with Crippen molar-refractivity contribution in [2.45, 2.75) is 51.4 Å². The molecule has 2 saturated heterocycles. The van der Waals surface area contributed by atoms with Gasteiger partial charge in [-0.3, -0.25) is 9.69 Å². The number of hydrogen-bond donors (Lipinski definition) is 0. The third-order valence-corrected chi connectivity index (χ3v) is 5.46. The second kappa shape index (κ2) is 9.42. The largest absolute Gasteiger partial charge is 0.497 e. The van der Waals surface area contributed by atoms with Crippen molar-refractivity contribution >= 4 is 5.91 Å². The van der Waals surface area contributed by atoms with Gasteiger partial charge < -0.3 is 19.1 Å². The fraction of sp³-hybridized carbons (Fsp3) is 0.667. The van der Waals surface area contributed by atoms with E-state index >= 15 is 0 Å². The van der Waals surface area contributed by atoms with Gasteiger partial charge in [-0.05, 0) is 38.1 Å². The number of morpholine rings is 1. The van der Waals surface area contributed by atoms with Crippen molar-refractivity contribution in [1.29, 1.82) is 0 Å². The molecule has 2 heterocycles. The molecule has 27 heavy (non-hydrogen) atoms. The Morgan fingerprint density at radius 3 is 2.44 bits per heavy atom. The highest BCUT2D eigenvalue weighted by Gasteiger charge is 2.29. The summed E-state index contributed by atoms with van der Waals surface area (Å²) >= 11 is 0. The highest BCUT2D eigenvalue weighted by molar-refractivity contribution is 5.76. The lowest BCUT2D eigenvalue weighted by Gasteiger charge is -2.37. The Balaban J connectivity index is 1.42. The zero-order valence-corrected chi connectivity index (χ0v) is 16.7. The van der Waals surface area contributed by atoms with Crippen LogP contribution in [0.2, 0.25) is 0 Å². The van der Waals surface area contributed by atoms with Gasteiger partial charge in [0.15, 0.2) is 0 Å². The lowest BCUT2D eigenvalue weighted by molar-refractivity contribution is -0.138. The van der Waals surface area contributed by atoms with E-state index in [4.69, 9.17) is 14.2 Å². The molecule has 1 amide bonds. The molecule has 0 saturated carbocycles. The monoisotopic (exact) mass is 376 g/mol. The van der Waals surface area contributed by atoms with Gasteiger partial charge in [-0.2, -0.15) is 0 Å². The van der Waals surface area contributed by atoms with Crippen LogP contribution in [0.3, 0.4) is 0 Å². The third-order valence-electron chi connectivity index (χ3n) is 5.46.